The zero-order valence-corrected chi connectivity index (χ0v) is 21.7. The van der Waals surface area contributed by atoms with E-state index in [9.17, 15) is 4.79 Å². The molecule has 10 heteroatoms. The highest BCUT2D eigenvalue weighted by Gasteiger charge is 2.30. The van der Waals surface area contributed by atoms with Crippen LogP contribution in [0.25, 0.3) is 11.0 Å². The van der Waals surface area contributed by atoms with Gasteiger partial charge in [-0.1, -0.05) is 23.7 Å². The average molecular weight is 530 g/mol. The van der Waals surface area contributed by atoms with Gasteiger partial charge in [-0.3, -0.25) is 14.8 Å². The molecule has 0 radical (unpaired) electrons. The van der Waals surface area contributed by atoms with Crippen LogP contribution < -0.4 is 20.9 Å². The van der Waals surface area contributed by atoms with Crippen LogP contribution in [0.15, 0.2) is 78.2 Å². The fourth-order valence-corrected chi connectivity index (χ4v) is 4.49. The topological polar surface area (TPSA) is 113 Å². The number of amidine groups is 1. The molecule has 3 heterocycles. The van der Waals surface area contributed by atoms with Gasteiger partial charge in [-0.25, -0.2) is 15.4 Å². The zero-order chi connectivity index (χ0) is 26.3. The number of aromatic nitrogens is 3. The molecule has 0 bridgehead atoms. The number of benzene rings is 1. The molecule has 1 aromatic carbocycles. The standard InChI is InChI=1S/C28H28ClN7O2/c1-2-38-20-9-10-25(32-17-20)27(35-23-7-4-3-6-22(23)29)36-33-16-18-14-19(15-18)34-28(37)21-11-13-30-24-8-5-12-31-26(21)24/h3-13,17-19,33H,2,14-16H2,1H3,(H,34,37)(H,35,36). The second-order valence-corrected chi connectivity index (χ2v) is 9.37. The fraction of sp³-hybridized carbons (Fsp3) is 0.250. The summed E-state index contributed by atoms with van der Waals surface area (Å²) < 4.78 is 5.50. The Bertz CT molecular complexity index is 1430. The summed E-state index contributed by atoms with van der Waals surface area (Å²) in [6, 6.07) is 16.6. The van der Waals surface area contributed by atoms with Crippen molar-refractivity contribution in [3.8, 4) is 5.75 Å². The molecule has 1 aliphatic rings. The summed E-state index contributed by atoms with van der Waals surface area (Å²) in [5, 5.41) is 3.67. The molecular weight excluding hydrogens is 502 g/mol. The van der Waals surface area contributed by atoms with Crippen LogP contribution in [0.1, 0.15) is 35.8 Å². The Labute approximate surface area is 225 Å². The fourth-order valence-electron chi connectivity index (χ4n) is 4.31. The van der Waals surface area contributed by atoms with E-state index in [4.69, 9.17) is 21.3 Å². The molecule has 38 heavy (non-hydrogen) atoms. The predicted octanol–water partition coefficient (Wildman–Crippen LogP) is 4.46. The molecule has 3 aromatic heterocycles. The van der Waals surface area contributed by atoms with E-state index in [0.29, 0.717) is 63.7 Å². The lowest BCUT2D eigenvalue weighted by Gasteiger charge is -2.36. The minimum Gasteiger partial charge on any atom is -0.492 e. The van der Waals surface area contributed by atoms with Gasteiger partial charge in [0.1, 0.15) is 17.0 Å². The van der Waals surface area contributed by atoms with E-state index in [1.807, 2.05) is 49.4 Å². The molecule has 3 N–H and O–H groups in total. The number of hydrazine groups is 1. The van der Waals surface area contributed by atoms with Gasteiger partial charge in [0.05, 0.1) is 34.6 Å². The maximum absolute atomic E-state index is 12.8. The molecule has 0 spiro atoms. The minimum absolute atomic E-state index is 0.116. The number of amides is 1. The van der Waals surface area contributed by atoms with E-state index in [-0.39, 0.29) is 11.9 Å². The number of nitrogens with one attached hydrogen (secondary N) is 3. The van der Waals surface area contributed by atoms with Gasteiger partial charge in [-0.05, 0) is 68.1 Å². The number of pyridine rings is 3. The van der Waals surface area contributed by atoms with Crippen LogP contribution in [0.4, 0.5) is 5.69 Å². The Morgan fingerprint density at radius 3 is 2.71 bits per heavy atom. The van der Waals surface area contributed by atoms with Gasteiger partial charge >= 0.3 is 0 Å². The quantitative estimate of drug-likeness (QED) is 0.167. The van der Waals surface area contributed by atoms with Crippen LogP contribution in [0.3, 0.4) is 0 Å². The molecule has 4 aromatic rings. The van der Waals surface area contributed by atoms with Crippen molar-refractivity contribution in [3.63, 3.8) is 0 Å². The first-order chi connectivity index (χ1) is 18.6. The van der Waals surface area contributed by atoms with Gasteiger partial charge in [-0.2, -0.15) is 0 Å². The lowest BCUT2D eigenvalue weighted by Crippen LogP contribution is -2.49. The number of carbonyl (C=O) groups is 1. The van der Waals surface area contributed by atoms with Gasteiger partial charge in [0.2, 0.25) is 0 Å². The first-order valence-electron chi connectivity index (χ1n) is 12.5. The maximum Gasteiger partial charge on any atom is 0.253 e. The van der Waals surface area contributed by atoms with Crippen LogP contribution in [-0.2, 0) is 0 Å². The van der Waals surface area contributed by atoms with Crippen molar-refractivity contribution in [2.24, 2.45) is 10.9 Å². The molecule has 5 rings (SSSR count). The number of para-hydroxylation sites is 1. The first kappa shape index (κ1) is 25.6. The van der Waals surface area contributed by atoms with Crippen molar-refractivity contribution in [3.05, 3.63) is 89.5 Å². The Hall–Kier alpha value is -4.08. The summed E-state index contributed by atoms with van der Waals surface area (Å²) in [7, 11) is 0. The lowest BCUT2D eigenvalue weighted by molar-refractivity contribution is 0.0890. The molecule has 0 atom stereocenters. The third-order valence-corrected chi connectivity index (χ3v) is 6.60. The van der Waals surface area contributed by atoms with Gasteiger partial charge in [0, 0.05) is 25.0 Å². The van der Waals surface area contributed by atoms with Gasteiger partial charge in [-0.15, -0.1) is 0 Å². The summed E-state index contributed by atoms with van der Waals surface area (Å²) in [5.74, 6) is 1.51. The van der Waals surface area contributed by atoms with Crippen molar-refractivity contribution in [2.45, 2.75) is 25.8 Å². The third kappa shape index (κ3) is 6.07. The summed E-state index contributed by atoms with van der Waals surface area (Å²) in [6.45, 7) is 3.20. The second-order valence-electron chi connectivity index (χ2n) is 8.97. The molecule has 1 fully saturated rings. The van der Waals surface area contributed by atoms with Crippen LogP contribution in [-0.4, -0.2) is 45.9 Å². The Morgan fingerprint density at radius 2 is 1.92 bits per heavy atom. The maximum atomic E-state index is 12.8. The molecule has 0 saturated heterocycles. The lowest BCUT2D eigenvalue weighted by atomic mass is 9.80. The summed E-state index contributed by atoms with van der Waals surface area (Å²) in [5.41, 5.74) is 9.62. The van der Waals surface area contributed by atoms with E-state index in [1.165, 1.54) is 0 Å². The summed E-state index contributed by atoms with van der Waals surface area (Å²) in [6.07, 6.45) is 6.72. The SMILES string of the molecule is CCOc1ccc(C(=Nc2ccccc2Cl)NNCC2CC(NC(=O)c3ccnc4cccnc34)C2)nc1. The van der Waals surface area contributed by atoms with Crippen molar-refractivity contribution in [1.82, 2.24) is 31.1 Å². The van der Waals surface area contributed by atoms with Crippen LogP contribution in [0.5, 0.6) is 5.75 Å². The molecule has 1 amide bonds. The van der Waals surface area contributed by atoms with Crippen LogP contribution in [0.2, 0.25) is 5.02 Å². The number of hydrogen-bond acceptors (Lipinski definition) is 7. The van der Waals surface area contributed by atoms with E-state index < -0.39 is 0 Å². The largest absolute Gasteiger partial charge is 0.492 e. The zero-order valence-electron chi connectivity index (χ0n) is 20.9. The van der Waals surface area contributed by atoms with Crippen molar-refractivity contribution < 1.29 is 9.53 Å². The number of fused-ring (bicyclic) bond motifs is 1. The van der Waals surface area contributed by atoms with Gasteiger partial charge < -0.3 is 15.5 Å². The van der Waals surface area contributed by atoms with Crippen LogP contribution in [0, 0.1) is 5.92 Å². The first-order valence-corrected chi connectivity index (χ1v) is 12.9. The number of rotatable bonds is 9. The molecule has 194 valence electrons. The third-order valence-electron chi connectivity index (χ3n) is 6.28. The average Bonchev–Trinajstić information content (AvgIpc) is 2.92. The molecule has 1 saturated carbocycles. The highest BCUT2D eigenvalue weighted by molar-refractivity contribution is 6.33. The molecule has 1 aliphatic carbocycles. The van der Waals surface area contributed by atoms with Gasteiger partial charge in [0.15, 0.2) is 5.84 Å². The monoisotopic (exact) mass is 529 g/mol. The highest BCUT2D eigenvalue weighted by Crippen LogP contribution is 2.27. The number of ether oxygens (including phenoxy) is 1. The number of carbonyl (C=O) groups excluding carboxylic acids is 1. The molecule has 9 nitrogen and oxygen atoms in total. The van der Waals surface area contributed by atoms with Crippen molar-refractivity contribution in [2.75, 3.05) is 13.2 Å². The molecule has 0 unspecified atom stereocenters. The Kier molecular flexibility index (Phi) is 8.06. The highest BCUT2D eigenvalue weighted by atomic mass is 35.5. The normalized spacial score (nSPS) is 17.1. The number of aliphatic imine (C=N–C) groups is 1. The smallest absolute Gasteiger partial charge is 0.253 e. The van der Waals surface area contributed by atoms with Gasteiger partial charge in [0.25, 0.3) is 5.91 Å². The Balaban J connectivity index is 1.17. The number of hydrogen-bond donors (Lipinski definition) is 3. The summed E-state index contributed by atoms with van der Waals surface area (Å²) >= 11 is 6.33. The van der Waals surface area contributed by atoms with Crippen LogP contribution >= 0.6 is 11.6 Å². The van der Waals surface area contributed by atoms with E-state index in [0.717, 1.165) is 12.8 Å². The molecule has 0 aliphatic heterocycles. The van der Waals surface area contributed by atoms with E-state index in [2.05, 4.69) is 31.1 Å². The summed E-state index contributed by atoms with van der Waals surface area (Å²) in [4.78, 5) is 30.6. The second kappa shape index (κ2) is 12.0. The minimum atomic E-state index is -0.124. The number of halogens is 1. The number of nitrogens with zero attached hydrogens (tertiary/aromatic N) is 4. The van der Waals surface area contributed by atoms with Crippen molar-refractivity contribution >= 4 is 40.1 Å². The van der Waals surface area contributed by atoms with Crippen molar-refractivity contribution in [1.29, 1.82) is 0 Å². The predicted molar refractivity (Wildman–Crippen MR) is 148 cm³/mol. The van der Waals surface area contributed by atoms with E-state index in [1.54, 1.807) is 30.7 Å². The Morgan fingerprint density at radius 1 is 1.05 bits per heavy atom. The molecular formula is C28H28ClN7O2. The van der Waals surface area contributed by atoms with E-state index >= 15 is 0 Å².